The fraction of sp³-hybridized carbons (Fsp3) is 0.100. The molecule has 5 nitrogen and oxygen atoms in total. The summed E-state index contributed by atoms with van der Waals surface area (Å²) in [7, 11) is 0. The van der Waals surface area contributed by atoms with E-state index in [1.54, 1.807) is 24.4 Å². The van der Waals surface area contributed by atoms with E-state index in [0.29, 0.717) is 12.2 Å². The van der Waals surface area contributed by atoms with Gasteiger partial charge < -0.3 is 5.32 Å². The second kappa shape index (κ2) is 6.31. The number of carbonyl (C=O) groups excluding carboxylic acids is 1. The molecule has 1 aromatic heterocycles. The molecule has 0 saturated carbocycles. The predicted molar refractivity (Wildman–Crippen MR) is 56.5 cm³/mol. The Morgan fingerprint density at radius 1 is 1.67 bits per heavy atom. The molecule has 5 heteroatoms. The van der Waals surface area contributed by atoms with Crippen molar-refractivity contribution in [1.29, 1.82) is 0 Å². The van der Waals surface area contributed by atoms with Crippen LogP contribution in [0.3, 0.4) is 0 Å². The maximum atomic E-state index is 10.9. The van der Waals surface area contributed by atoms with E-state index < -0.39 is 6.09 Å². The van der Waals surface area contributed by atoms with Gasteiger partial charge in [0.2, 0.25) is 0 Å². The monoisotopic (exact) mass is 205 g/mol. The molecule has 0 aliphatic rings. The van der Waals surface area contributed by atoms with Crippen LogP contribution in [0.4, 0.5) is 4.79 Å². The van der Waals surface area contributed by atoms with Gasteiger partial charge in [-0.25, -0.2) is 4.79 Å². The van der Waals surface area contributed by atoms with Crippen molar-refractivity contribution in [1.82, 2.24) is 10.3 Å². The van der Waals surface area contributed by atoms with Gasteiger partial charge in [0, 0.05) is 12.7 Å². The Balaban J connectivity index is 2.33. The van der Waals surface area contributed by atoms with Crippen molar-refractivity contribution in [3.63, 3.8) is 0 Å². The highest BCUT2D eigenvalue weighted by atomic mass is 16.7. The first kappa shape index (κ1) is 10.9. The Morgan fingerprint density at radius 2 is 2.53 bits per heavy atom. The van der Waals surface area contributed by atoms with Gasteiger partial charge in [-0.2, -0.15) is 0 Å². The number of nitrogens with zero attached hydrogens (tertiary/aromatic N) is 2. The lowest BCUT2D eigenvalue weighted by Gasteiger charge is -1.97. The van der Waals surface area contributed by atoms with E-state index in [2.05, 4.69) is 26.9 Å². The van der Waals surface area contributed by atoms with Crippen LogP contribution in [0.25, 0.3) is 0 Å². The van der Waals surface area contributed by atoms with Gasteiger partial charge in [0.1, 0.15) is 0 Å². The minimum absolute atomic E-state index is 0.345. The van der Waals surface area contributed by atoms with E-state index in [1.165, 1.54) is 6.21 Å². The second-order valence-corrected chi connectivity index (χ2v) is 2.54. The molecule has 0 aromatic carbocycles. The Bertz CT molecular complexity index is 349. The summed E-state index contributed by atoms with van der Waals surface area (Å²) in [6.45, 7) is 3.79. The zero-order valence-electron chi connectivity index (χ0n) is 8.09. The van der Waals surface area contributed by atoms with Crippen LogP contribution in [-0.2, 0) is 4.84 Å². The number of hydrogen-bond acceptors (Lipinski definition) is 4. The van der Waals surface area contributed by atoms with Crippen molar-refractivity contribution in [2.75, 3.05) is 6.54 Å². The molecule has 0 aliphatic carbocycles. The summed E-state index contributed by atoms with van der Waals surface area (Å²) < 4.78 is 0. The van der Waals surface area contributed by atoms with E-state index in [4.69, 9.17) is 0 Å². The molecular formula is C10H11N3O2. The summed E-state index contributed by atoms with van der Waals surface area (Å²) in [6.07, 6.45) is 3.90. The van der Waals surface area contributed by atoms with Crippen molar-refractivity contribution in [2.24, 2.45) is 5.16 Å². The van der Waals surface area contributed by atoms with Crippen molar-refractivity contribution >= 4 is 12.3 Å². The number of carbonyl (C=O) groups is 1. The van der Waals surface area contributed by atoms with E-state index in [0.717, 1.165) is 0 Å². The lowest BCUT2D eigenvalue weighted by molar-refractivity contribution is 0.152. The molecule has 0 aliphatic heterocycles. The topological polar surface area (TPSA) is 63.6 Å². The van der Waals surface area contributed by atoms with Gasteiger partial charge in [-0.3, -0.25) is 9.82 Å². The number of pyridine rings is 1. The van der Waals surface area contributed by atoms with Gasteiger partial charge in [-0.1, -0.05) is 17.3 Å². The van der Waals surface area contributed by atoms with E-state index >= 15 is 0 Å². The lowest BCUT2D eigenvalue weighted by Crippen LogP contribution is -2.22. The summed E-state index contributed by atoms with van der Waals surface area (Å²) in [6, 6.07) is 5.34. The highest BCUT2D eigenvalue weighted by Crippen LogP contribution is 1.89. The predicted octanol–water partition coefficient (Wildman–Crippen LogP) is 1.33. The largest absolute Gasteiger partial charge is 0.433 e. The Kier molecular flexibility index (Phi) is 4.59. The summed E-state index contributed by atoms with van der Waals surface area (Å²) in [5, 5.41) is 5.87. The molecule has 0 saturated heterocycles. The maximum Gasteiger partial charge on any atom is 0.433 e. The standard InChI is InChI=1S/C10H11N3O2/c1-2-6-12-10(14)15-13-8-9-5-3-4-7-11-9/h2-5,7-8H,1,6H2,(H,12,14)/b13-8+. The lowest BCUT2D eigenvalue weighted by atomic mass is 10.4. The first-order valence-electron chi connectivity index (χ1n) is 4.33. The SMILES string of the molecule is C=CCNC(=O)O/N=C/c1ccccn1. The van der Waals surface area contributed by atoms with Gasteiger partial charge in [0.15, 0.2) is 0 Å². The van der Waals surface area contributed by atoms with Gasteiger partial charge in [-0.05, 0) is 12.1 Å². The number of rotatable bonds is 4. The van der Waals surface area contributed by atoms with Crippen LogP contribution in [0.1, 0.15) is 5.69 Å². The maximum absolute atomic E-state index is 10.9. The summed E-state index contributed by atoms with van der Waals surface area (Å²) >= 11 is 0. The number of aromatic nitrogens is 1. The average molecular weight is 205 g/mol. The molecule has 1 heterocycles. The average Bonchev–Trinajstić information content (AvgIpc) is 2.28. The molecule has 1 amide bonds. The fourth-order valence-corrected chi connectivity index (χ4v) is 0.768. The van der Waals surface area contributed by atoms with Crippen molar-refractivity contribution < 1.29 is 9.63 Å². The quantitative estimate of drug-likeness (QED) is 0.349. The number of nitrogens with one attached hydrogen (secondary N) is 1. The third-order valence-electron chi connectivity index (χ3n) is 1.40. The van der Waals surface area contributed by atoms with Crippen molar-refractivity contribution in [2.45, 2.75) is 0 Å². The third kappa shape index (κ3) is 4.56. The van der Waals surface area contributed by atoms with Crippen molar-refractivity contribution in [3.8, 4) is 0 Å². The van der Waals surface area contributed by atoms with Crippen LogP contribution in [0.15, 0.2) is 42.2 Å². The molecule has 78 valence electrons. The molecule has 0 fully saturated rings. The molecule has 0 spiro atoms. The van der Waals surface area contributed by atoms with Crippen molar-refractivity contribution in [3.05, 3.63) is 42.7 Å². The molecule has 0 atom stereocenters. The molecule has 1 aromatic rings. The van der Waals surface area contributed by atoms with Gasteiger partial charge in [0.25, 0.3) is 0 Å². The minimum atomic E-state index is -0.623. The summed E-state index contributed by atoms with van der Waals surface area (Å²) in [5.74, 6) is 0. The van der Waals surface area contributed by atoms with Crippen LogP contribution < -0.4 is 5.32 Å². The molecule has 0 bridgehead atoms. The smallest absolute Gasteiger partial charge is 0.316 e. The third-order valence-corrected chi connectivity index (χ3v) is 1.40. The second-order valence-electron chi connectivity index (χ2n) is 2.54. The Labute approximate surface area is 87.5 Å². The zero-order chi connectivity index (χ0) is 10.9. The molecular weight excluding hydrogens is 194 g/mol. The number of amides is 1. The van der Waals surface area contributed by atoms with Gasteiger partial charge in [-0.15, -0.1) is 6.58 Å². The molecule has 1 N–H and O–H groups in total. The number of oxime groups is 1. The minimum Gasteiger partial charge on any atom is -0.316 e. The summed E-state index contributed by atoms with van der Waals surface area (Å²) in [5.41, 5.74) is 0.619. The molecule has 15 heavy (non-hydrogen) atoms. The van der Waals surface area contributed by atoms with Gasteiger partial charge in [0.05, 0.1) is 11.9 Å². The van der Waals surface area contributed by atoms with Crippen LogP contribution in [-0.4, -0.2) is 23.8 Å². The highest BCUT2D eigenvalue weighted by molar-refractivity contribution is 5.77. The van der Waals surface area contributed by atoms with Crippen LogP contribution in [0.2, 0.25) is 0 Å². The zero-order valence-corrected chi connectivity index (χ0v) is 8.09. The van der Waals surface area contributed by atoms with E-state index in [9.17, 15) is 4.79 Å². The molecule has 0 unspecified atom stereocenters. The van der Waals surface area contributed by atoms with E-state index in [-0.39, 0.29) is 0 Å². The van der Waals surface area contributed by atoms with Gasteiger partial charge >= 0.3 is 6.09 Å². The highest BCUT2D eigenvalue weighted by Gasteiger charge is 1.96. The first-order valence-corrected chi connectivity index (χ1v) is 4.33. The van der Waals surface area contributed by atoms with Crippen LogP contribution in [0.5, 0.6) is 0 Å². The first-order chi connectivity index (χ1) is 7.33. The van der Waals surface area contributed by atoms with Crippen LogP contribution in [0, 0.1) is 0 Å². The molecule has 1 rings (SSSR count). The Hall–Kier alpha value is -2.17. The normalized spacial score (nSPS) is 9.87. The molecule has 0 radical (unpaired) electrons. The number of hydrogen-bond donors (Lipinski definition) is 1. The Morgan fingerprint density at radius 3 is 3.20 bits per heavy atom. The summed E-state index contributed by atoms with van der Waals surface area (Å²) in [4.78, 5) is 19.3. The van der Waals surface area contributed by atoms with Crippen LogP contribution >= 0.6 is 0 Å². The van der Waals surface area contributed by atoms with E-state index in [1.807, 2.05) is 6.07 Å². The fourth-order valence-electron chi connectivity index (χ4n) is 0.768.